The Morgan fingerprint density at radius 1 is 0.966 bits per heavy atom. The van der Waals surface area contributed by atoms with Gasteiger partial charge in [-0.3, -0.25) is 4.98 Å². The van der Waals surface area contributed by atoms with Crippen molar-refractivity contribution >= 4 is 26.4 Å². The lowest BCUT2D eigenvalue weighted by atomic mass is 10.1. The number of benzene rings is 2. The van der Waals surface area contributed by atoms with Crippen molar-refractivity contribution in [3.8, 4) is 11.5 Å². The Bertz CT molecular complexity index is 1090. The fourth-order valence-electron chi connectivity index (χ4n) is 3.34. The van der Waals surface area contributed by atoms with Crippen LogP contribution in [-0.2, 0) is 9.84 Å². The molecule has 0 saturated carbocycles. The van der Waals surface area contributed by atoms with E-state index < -0.39 is 9.84 Å². The van der Waals surface area contributed by atoms with Crippen LogP contribution in [-0.4, -0.2) is 40.2 Å². The molecular formula is C22H26N2O4S. The number of rotatable bonds is 8. The van der Waals surface area contributed by atoms with E-state index in [9.17, 15) is 8.42 Å². The van der Waals surface area contributed by atoms with E-state index in [0.29, 0.717) is 36.9 Å². The van der Waals surface area contributed by atoms with Crippen molar-refractivity contribution in [2.24, 2.45) is 0 Å². The summed E-state index contributed by atoms with van der Waals surface area (Å²) in [6.07, 6.45) is 1.45. The number of aromatic nitrogens is 1. The molecule has 0 amide bonds. The van der Waals surface area contributed by atoms with E-state index in [1.54, 1.807) is 31.4 Å². The largest absolute Gasteiger partial charge is 0.497 e. The molecule has 3 aromatic rings. The summed E-state index contributed by atoms with van der Waals surface area (Å²) in [6.45, 7) is 7.79. The summed E-state index contributed by atoms with van der Waals surface area (Å²) in [7, 11) is -2.23. The number of methoxy groups -OCH3 is 1. The van der Waals surface area contributed by atoms with Gasteiger partial charge in [0, 0.05) is 24.7 Å². The van der Waals surface area contributed by atoms with Gasteiger partial charge in [0.25, 0.3) is 0 Å². The van der Waals surface area contributed by atoms with Gasteiger partial charge in [-0.2, -0.15) is 0 Å². The molecule has 2 aromatic carbocycles. The fraction of sp³-hybridized carbons (Fsp3) is 0.318. The lowest BCUT2D eigenvalue weighted by Crippen LogP contribution is -2.24. The van der Waals surface area contributed by atoms with Gasteiger partial charge in [0.2, 0.25) is 9.84 Å². The zero-order valence-electron chi connectivity index (χ0n) is 17.2. The second-order valence-electron chi connectivity index (χ2n) is 6.43. The van der Waals surface area contributed by atoms with Crippen LogP contribution < -0.4 is 14.4 Å². The third-order valence-electron chi connectivity index (χ3n) is 4.83. The van der Waals surface area contributed by atoms with Gasteiger partial charge < -0.3 is 14.4 Å². The molecule has 7 heteroatoms. The van der Waals surface area contributed by atoms with Crippen LogP contribution in [0.4, 0.5) is 5.69 Å². The number of hydrogen-bond donors (Lipinski definition) is 0. The van der Waals surface area contributed by atoms with Gasteiger partial charge in [-0.05, 0) is 63.2 Å². The predicted octanol–water partition coefficient (Wildman–Crippen LogP) is 4.32. The van der Waals surface area contributed by atoms with E-state index in [4.69, 9.17) is 9.47 Å². The fourth-order valence-corrected chi connectivity index (χ4v) is 4.77. The highest BCUT2D eigenvalue weighted by atomic mass is 32.2. The molecule has 0 spiro atoms. The lowest BCUT2D eigenvalue weighted by molar-refractivity contribution is 0.340. The maximum absolute atomic E-state index is 13.5. The molecule has 0 N–H and O–H groups in total. The molecule has 0 bridgehead atoms. The van der Waals surface area contributed by atoms with Crippen molar-refractivity contribution < 1.29 is 17.9 Å². The van der Waals surface area contributed by atoms with Crippen molar-refractivity contribution in [2.75, 3.05) is 31.7 Å². The van der Waals surface area contributed by atoms with Gasteiger partial charge in [0.1, 0.15) is 16.4 Å². The van der Waals surface area contributed by atoms with E-state index in [1.165, 1.54) is 6.20 Å². The summed E-state index contributed by atoms with van der Waals surface area (Å²) in [5.41, 5.74) is 1.38. The van der Waals surface area contributed by atoms with Gasteiger partial charge >= 0.3 is 0 Å². The summed E-state index contributed by atoms with van der Waals surface area (Å²) in [4.78, 5) is 6.86. The molecule has 0 aliphatic carbocycles. The van der Waals surface area contributed by atoms with Gasteiger partial charge in [-0.1, -0.05) is 0 Å². The standard InChI is InChI=1S/C22H26N2O4S/c1-5-24(6-2)22-19-14-17(28-7-3)10-13-20(19)23-15-21(22)29(25,26)18-11-8-16(27-4)9-12-18/h8-15H,5-7H2,1-4H3. The van der Waals surface area contributed by atoms with Gasteiger partial charge in [0.05, 0.1) is 29.8 Å². The van der Waals surface area contributed by atoms with Crippen molar-refractivity contribution in [3.63, 3.8) is 0 Å². The van der Waals surface area contributed by atoms with E-state index >= 15 is 0 Å². The van der Waals surface area contributed by atoms with Crippen LogP contribution in [0.15, 0.2) is 58.5 Å². The molecule has 0 aliphatic heterocycles. The molecule has 0 aliphatic rings. The summed E-state index contributed by atoms with van der Waals surface area (Å²) in [6, 6.07) is 12.0. The maximum Gasteiger partial charge on any atom is 0.210 e. The third kappa shape index (κ3) is 4.00. The number of nitrogens with zero attached hydrogens (tertiary/aromatic N) is 2. The number of pyridine rings is 1. The highest BCUT2D eigenvalue weighted by molar-refractivity contribution is 7.91. The van der Waals surface area contributed by atoms with Gasteiger partial charge in [-0.25, -0.2) is 8.42 Å². The summed E-state index contributed by atoms with van der Waals surface area (Å²) in [5, 5.41) is 0.759. The minimum atomic E-state index is -3.78. The highest BCUT2D eigenvalue weighted by Gasteiger charge is 2.26. The summed E-state index contributed by atoms with van der Waals surface area (Å²) in [5.74, 6) is 1.29. The molecule has 1 aromatic heterocycles. The van der Waals surface area contributed by atoms with Crippen LogP contribution in [0, 0.1) is 0 Å². The van der Waals surface area contributed by atoms with Crippen LogP contribution in [0.3, 0.4) is 0 Å². The Morgan fingerprint density at radius 3 is 2.21 bits per heavy atom. The van der Waals surface area contributed by atoms with Crippen molar-refractivity contribution in [2.45, 2.75) is 30.6 Å². The first kappa shape index (κ1) is 20.9. The quantitative estimate of drug-likeness (QED) is 0.547. The molecule has 0 fully saturated rings. The van der Waals surface area contributed by atoms with Crippen molar-refractivity contribution in [1.29, 1.82) is 0 Å². The van der Waals surface area contributed by atoms with Crippen LogP contribution in [0.25, 0.3) is 10.9 Å². The first-order chi connectivity index (χ1) is 14.0. The molecule has 154 valence electrons. The zero-order chi connectivity index (χ0) is 21.0. The zero-order valence-corrected chi connectivity index (χ0v) is 18.0. The van der Waals surface area contributed by atoms with Crippen LogP contribution in [0.2, 0.25) is 0 Å². The van der Waals surface area contributed by atoms with Crippen LogP contribution >= 0.6 is 0 Å². The van der Waals surface area contributed by atoms with Crippen LogP contribution in [0.1, 0.15) is 20.8 Å². The first-order valence-electron chi connectivity index (χ1n) is 9.65. The minimum absolute atomic E-state index is 0.188. The monoisotopic (exact) mass is 414 g/mol. The predicted molar refractivity (Wildman–Crippen MR) is 115 cm³/mol. The van der Waals surface area contributed by atoms with Crippen molar-refractivity contribution in [3.05, 3.63) is 48.7 Å². The third-order valence-corrected chi connectivity index (χ3v) is 6.60. The second kappa shape index (κ2) is 8.69. The number of hydrogen-bond acceptors (Lipinski definition) is 6. The van der Waals surface area contributed by atoms with Gasteiger partial charge in [-0.15, -0.1) is 0 Å². The average Bonchev–Trinajstić information content (AvgIpc) is 2.74. The summed E-state index contributed by atoms with van der Waals surface area (Å²) < 4.78 is 37.8. The number of ether oxygens (including phenoxy) is 2. The summed E-state index contributed by atoms with van der Waals surface area (Å²) >= 11 is 0. The normalized spacial score (nSPS) is 11.4. The van der Waals surface area contributed by atoms with E-state index in [2.05, 4.69) is 4.98 Å². The Balaban J connectivity index is 2.28. The Hall–Kier alpha value is -2.80. The lowest BCUT2D eigenvalue weighted by Gasteiger charge is -2.25. The average molecular weight is 415 g/mol. The molecular weight excluding hydrogens is 388 g/mol. The number of anilines is 1. The molecule has 0 unspecified atom stereocenters. The smallest absolute Gasteiger partial charge is 0.210 e. The molecule has 1 heterocycles. The maximum atomic E-state index is 13.5. The molecule has 6 nitrogen and oxygen atoms in total. The highest BCUT2D eigenvalue weighted by Crippen LogP contribution is 2.37. The minimum Gasteiger partial charge on any atom is -0.497 e. The van der Waals surface area contributed by atoms with Crippen molar-refractivity contribution in [1.82, 2.24) is 4.98 Å². The van der Waals surface area contributed by atoms with E-state index in [-0.39, 0.29) is 9.79 Å². The van der Waals surface area contributed by atoms with E-state index in [0.717, 1.165) is 10.9 Å². The Morgan fingerprint density at radius 2 is 1.62 bits per heavy atom. The molecule has 0 radical (unpaired) electrons. The number of sulfone groups is 1. The first-order valence-corrected chi connectivity index (χ1v) is 11.1. The Kier molecular flexibility index (Phi) is 6.27. The SMILES string of the molecule is CCOc1ccc2ncc(S(=O)(=O)c3ccc(OC)cc3)c(N(CC)CC)c2c1. The van der Waals surface area contributed by atoms with E-state index in [1.807, 2.05) is 43.9 Å². The molecule has 0 atom stereocenters. The Labute approximate surface area is 172 Å². The second-order valence-corrected chi connectivity index (χ2v) is 8.35. The molecule has 0 saturated heterocycles. The van der Waals surface area contributed by atoms with Gasteiger partial charge in [0.15, 0.2) is 0 Å². The van der Waals surface area contributed by atoms with Crippen LogP contribution in [0.5, 0.6) is 11.5 Å². The molecule has 3 rings (SSSR count). The molecule has 29 heavy (non-hydrogen) atoms. The number of fused-ring (bicyclic) bond motifs is 1. The topological polar surface area (TPSA) is 68.7 Å².